The number of aryl methyl sites for hydroxylation is 2. The number of carbonyl (C=O) groups is 3. The summed E-state index contributed by atoms with van der Waals surface area (Å²) in [7, 11) is 0. The molecule has 0 fully saturated rings. The highest BCUT2D eigenvalue weighted by Gasteiger charge is 2.40. The first-order valence-electron chi connectivity index (χ1n) is 11.6. The minimum atomic E-state index is -0.583. The Morgan fingerprint density at radius 1 is 1.15 bits per heavy atom. The Balaban J connectivity index is 1.43. The number of para-hydroxylation sites is 1. The predicted molar refractivity (Wildman–Crippen MR) is 126 cm³/mol. The molecular formula is C26H31N3O4. The van der Waals surface area contributed by atoms with Gasteiger partial charge in [-0.05, 0) is 42.9 Å². The first-order valence-corrected chi connectivity index (χ1v) is 11.6. The maximum Gasteiger partial charge on any atom is 0.243 e. The first-order chi connectivity index (χ1) is 15.9. The molecular weight excluding hydrogens is 418 g/mol. The zero-order valence-corrected chi connectivity index (χ0v) is 19.0. The van der Waals surface area contributed by atoms with Gasteiger partial charge in [-0.25, -0.2) is 0 Å². The van der Waals surface area contributed by atoms with Gasteiger partial charge in [0, 0.05) is 19.3 Å². The molecule has 2 aromatic carbocycles. The van der Waals surface area contributed by atoms with E-state index in [0.717, 1.165) is 35.2 Å². The Labute approximate surface area is 194 Å². The fourth-order valence-electron chi connectivity index (χ4n) is 4.65. The summed E-state index contributed by atoms with van der Waals surface area (Å²) in [5.41, 5.74) is 10.6. The second kappa shape index (κ2) is 10.2. The zero-order valence-electron chi connectivity index (χ0n) is 19.0. The third-order valence-electron chi connectivity index (χ3n) is 6.37. The number of rotatable bonds is 9. The van der Waals surface area contributed by atoms with Gasteiger partial charge in [0.15, 0.2) is 0 Å². The fraction of sp³-hybridized carbons (Fsp3) is 0.423. The number of nitrogens with two attached hydrogens (primary N) is 1. The standard InChI is InChI=1S/C26H31N3O4/c1-17-8-10-18(11-9-17)15-33-16-21(12-13-23(27)30)28-26(32)22-14-20-6-2-4-19-5-3-7-24(31)29(22)25(19)20/h2,4,6,8-11,21-22H,3,5,7,12-16H2,1H3,(H2,27,30)(H,28,32)/t21-,22-/m0/s1. The largest absolute Gasteiger partial charge is 0.375 e. The maximum absolute atomic E-state index is 13.3. The number of primary amides is 1. The van der Waals surface area contributed by atoms with Crippen LogP contribution in [-0.2, 0) is 38.6 Å². The van der Waals surface area contributed by atoms with Crippen LogP contribution < -0.4 is 16.0 Å². The average Bonchev–Trinajstić information content (AvgIpc) is 3.10. The number of carbonyl (C=O) groups excluding carboxylic acids is 3. The molecule has 0 spiro atoms. The summed E-state index contributed by atoms with van der Waals surface area (Å²) >= 11 is 0. The van der Waals surface area contributed by atoms with Crippen LogP contribution >= 0.6 is 0 Å². The van der Waals surface area contributed by atoms with Crippen molar-refractivity contribution in [1.82, 2.24) is 5.32 Å². The van der Waals surface area contributed by atoms with Crippen LogP contribution in [0.1, 0.15) is 47.9 Å². The minimum Gasteiger partial charge on any atom is -0.375 e. The van der Waals surface area contributed by atoms with Crippen molar-refractivity contribution >= 4 is 23.4 Å². The number of hydrogen-bond donors (Lipinski definition) is 2. The number of ether oxygens (including phenoxy) is 1. The SMILES string of the molecule is Cc1ccc(COC[C@H](CCC(N)=O)NC(=O)[C@@H]2Cc3cccc4c3N2C(=O)CCC4)cc1. The van der Waals surface area contributed by atoms with Crippen molar-refractivity contribution in [2.75, 3.05) is 11.5 Å². The van der Waals surface area contributed by atoms with Crippen LogP contribution in [0.25, 0.3) is 0 Å². The van der Waals surface area contributed by atoms with E-state index in [-0.39, 0.29) is 30.9 Å². The van der Waals surface area contributed by atoms with Gasteiger partial charge in [0.2, 0.25) is 17.7 Å². The molecule has 174 valence electrons. The summed E-state index contributed by atoms with van der Waals surface area (Å²) in [6.07, 6.45) is 3.09. The molecule has 0 unspecified atom stereocenters. The van der Waals surface area contributed by atoms with Crippen molar-refractivity contribution in [3.05, 3.63) is 64.7 Å². The molecule has 7 nitrogen and oxygen atoms in total. The molecule has 33 heavy (non-hydrogen) atoms. The Kier molecular flexibility index (Phi) is 7.08. The number of hydrogen-bond acceptors (Lipinski definition) is 4. The van der Waals surface area contributed by atoms with Gasteiger partial charge >= 0.3 is 0 Å². The van der Waals surface area contributed by atoms with Crippen LogP contribution in [-0.4, -0.2) is 36.4 Å². The molecule has 2 aromatic rings. The lowest BCUT2D eigenvalue weighted by Gasteiger charge is -2.27. The van der Waals surface area contributed by atoms with Crippen molar-refractivity contribution in [3.8, 4) is 0 Å². The van der Waals surface area contributed by atoms with Gasteiger partial charge in [0.25, 0.3) is 0 Å². The van der Waals surface area contributed by atoms with E-state index in [9.17, 15) is 14.4 Å². The van der Waals surface area contributed by atoms with Gasteiger partial charge in [-0.2, -0.15) is 0 Å². The smallest absolute Gasteiger partial charge is 0.243 e. The Morgan fingerprint density at radius 3 is 2.67 bits per heavy atom. The molecule has 3 N–H and O–H groups in total. The van der Waals surface area contributed by atoms with Crippen molar-refractivity contribution in [2.45, 2.75) is 64.1 Å². The highest BCUT2D eigenvalue weighted by Crippen LogP contribution is 2.38. The zero-order chi connectivity index (χ0) is 23.4. The highest BCUT2D eigenvalue weighted by molar-refractivity contribution is 6.04. The van der Waals surface area contributed by atoms with E-state index in [2.05, 4.69) is 5.32 Å². The second-order valence-corrected chi connectivity index (χ2v) is 8.97. The topological polar surface area (TPSA) is 102 Å². The van der Waals surface area contributed by atoms with E-state index < -0.39 is 11.9 Å². The summed E-state index contributed by atoms with van der Waals surface area (Å²) in [6.45, 7) is 2.69. The summed E-state index contributed by atoms with van der Waals surface area (Å²) in [6, 6.07) is 13.1. The molecule has 2 aliphatic rings. The molecule has 2 aliphatic heterocycles. The Bertz CT molecular complexity index is 1030. The Hall–Kier alpha value is -3.19. The normalized spacial score (nSPS) is 17.9. The van der Waals surface area contributed by atoms with Gasteiger partial charge in [-0.3, -0.25) is 19.3 Å². The van der Waals surface area contributed by atoms with Crippen molar-refractivity contribution < 1.29 is 19.1 Å². The van der Waals surface area contributed by atoms with E-state index in [1.54, 1.807) is 4.90 Å². The quantitative estimate of drug-likeness (QED) is 0.614. The number of benzene rings is 2. The van der Waals surface area contributed by atoms with Gasteiger partial charge < -0.3 is 15.8 Å². The summed E-state index contributed by atoms with van der Waals surface area (Å²) in [5.74, 6) is -0.655. The molecule has 0 saturated carbocycles. The number of amides is 3. The molecule has 4 rings (SSSR count). The van der Waals surface area contributed by atoms with Crippen molar-refractivity contribution in [2.24, 2.45) is 5.73 Å². The average molecular weight is 450 g/mol. The summed E-state index contributed by atoms with van der Waals surface area (Å²) in [5, 5.41) is 3.03. The van der Waals surface area contributed by atoms with Crippen LogP contribution in [0.2, 0.25) is 0 Å². The van der Waals surface area contributed by atoms with Gasteiger partial charge in [-0.1, -0.05) is 48.0 Å². The third-order valence-corrected chi connectivity index (χ3v) is 6.37. The van der Waals surface area contributed by atoms with Crippen LogP contribution in [0.4, 0.5) is 5.69 Å². The van der Waals surface area contributed by atoms with Crippen molar-refractivity contribution in [3.63, 3.8) is 0 Å². The molecule has 0 aromatic heterocycles. The second-order valence-electron chi connectivity index (χ2n) is 8.97. The monoisotopic (exact) mass is 449 g/mol. The number of anilines is 1. The third kappa shape index (κ3) is 5.42. The van der Waals surface area contributed by atoms with Crippen molar-refractivity contribution in [1.29, 1.82) is 0 Å². The number of nitrogens with one attached hydrogen (secondary N) is 1. The summed E-state index contributed by atoms with van der Waals surface area (Å²) < 4.78 is 5.86. The highest BCUT2D eigenvalue weighted by atomic mass is 16.5. The molecule has 0 saturated heterocycles. The van der Waals surface area contributed by atoms with E-state index in [1.807, 2.05) is 49.4 Å². The molecule has 3 amide bonds. The lowest BCUT2D eigenvalue weighted by atomic mass is 10.0. The molecule has 2 atom stereocenters. The maximum atomic E-state index is 13.3. The lowest BCUT2D eigenvalue weighted by molar-refractivity contribution is -0.127. The van der Waals surface area contributed by atoms with E-state index >= 15 is 0 Å². The molecule has 0 bridgehead atoms. The van der Waals surface area contributed by atoms with Gasteiger partial charge in [-0.15, -0.1) is 0 Å². The fourth-order valence-corrected chi connectivity index (χ4v) is 4.65. The summed E-state index contributed by atoms with van der Waals surface area (Å²) in [4.78, 5) is 39.2. The van der Waals surface area contributed by atoms with Crippen LogP contribution in [0.5, 0.6) is 0 Å². The number of nitrogens with zero attached hydrogens (tertiary/aromatic N) is 1. The predicted octanol–water partition coefficient (Wildman–Crippen LogP) is 2.56. The first kappa shape index (κ1) is 23.0. The molecule has 0 aliphatic carbocycles. The van der Waals surface area contributed by atoms with Gasteiger partial charge in [0.05, 0.1) is 24.9 Å². The van der Waals surface area contributed by atoms with Crippen LogP contribution in [0.15, 0.2) is 42.5 Å². The van der Waals surface area contributed by atoms with Crippen LogP contribution in [0, 0.1) is 6.92 Å². The molecule has 0 radical (unpaired) electrons. The lowest BCUT2D eigenvalue weighted by Crippen LogP contribution is -2.51. The van der Waals surface area contributed by atoms with Gasteiger partial charge in [0.1, 0.15) is 6.04 Å². The molecule has 7 heteroatoms. The molecule has 2 heterocycles. The van der Waals surface area contributed by atoms with E-state index in [1.165, 1.54) is 5.56 Å². The van der Waals surface area contributed by atoms with E-state index in [4.69, 9.17) is 10.5 Å². The minimum absolute atomic E-state index is 0.0110. The van der Waals surface area contributed by atoms with E-state index in [0.29, 0.717) is 25.9 Å². The van der Waals surface area contributed by atoms with Crippen LogP contribution in [0.3, 0.4) is 0 Å². The Morgan fingerprint density at radius 2 is 1.91 bits per heavy atom.